The summed E-state index contributed by atoms with van der Waals surface area (Å²) in [5, 5.41) is 3.39. The first-order valence-corrected chi connectivity index (χ1v) is 10.3. The number of nitrogens with zero attached hydrogens (tertiary/aromatic N) is 3. The first kappa shape index (κ1) is 17.2. The minimum Gasteiger partial charge on any atom is -0.349 e. The van der Waals surface area contributed by atoms with E-state index in [2.05, 4.69) is 54.4 Å². The summed E-state index contributed by atoms with van der Waals surface area (Å²) in [6.45, 7) is 5.42. The minimum atomic E-state index is 0.354. The van der Waals surface area contributed by atoms with Gasteiger partial charge in [0.2, 0.25) is 5.95 Å². The molecule has 1 aliphatic carbocycles. The molecule has 3 aliphatic rings. The molecule has 3 aromatic rings. The Balaban J connectivity index is 1.53. The highest BCUT2D eigenvalue weighted by Crippen LogP contribution is 2.48. The summed E-state index contributed by atoms with van der Waals surface area (Å²) in [5.41, 5.74) is 5.11. The van der Waals surface area contributed by atoms with E-state index >= 15 is 0 Å². The maximum atomic E-state index is 4.93. The second-order valence-electron chi connectivity index (χ2n) is 8.19. The Labute approximate surface area is 166 Å². The van der Waals surface area contributed by atoms with E-state index in [0.29, 0.717) is 23.8 Å². The number of nitrogens with one attached hydrogen (secondary N) is 1. The normalized spacial score (nSPS) is 20.3. The van der Waals surface area contributed by atoms with Crippen LogP contribution in [0.3, 0.4) is 0 Å². The Kier molecular flexibility index (Phi) is 4.27. The summed E-state index contributed by atoms with van der Waals surface area (Å²) in [7, 11) is 0. The van der Waals surface area contributed by atoms with E-state index in [9.17, 15) is 0 Å². The zero-order valence-corrected chi connectivity index (χ0v) is 16.5. The Hall–Kier alpha value is -2.88. The van der Waals surface area contributed by atoms with Gasteiger partial charge in [-0.2, -0.15) is 4.98 Å². The van der Waals surface area contributed by atoms with Gasteiger partial charge in [-0.3, -0.25) is 0 Å². The molecule has 2 atom stereocenters. The number of benzene rings is 2. The van der Waals surface area contributed by atoms with Gasteiger partial charge in [0.15, 0.2) is 0 Å². The third-order valence-corrected chi connectivity index (χ3v) is 6.02. The lowest BCUT2D eigenvalue weighted by Crippen LogP contribution is -2.43. The molecule has 142 valence electrons. The van der Waals surface area contributed by atoms with Gasteiger partial charge in [0.05, 0.1) is 11.7 Å². The molecule has 0 radical (unpaired) electrons. The van der Waals surface area contributed by atoms with Crippen molar-refractivity contribution in [2.75, 3.05) is 16.8 Å². The molecule has 0 saturated carbocycles. The number of para-hydroxylation sites is 1. The first-order chi connectivity index (χ1) is 13.7. The van der Waals surface area contributed by atoms with E-state index in [1.807, 2.05) is 30.3 Å². The van der Waals surface area contributed by atoms with Gasteiger partial charge in [-0.05, 0) is 42.0 Å². The molecular weight excluding hydrogens is 344 g/mol. The topological polar surface area (TPSA) is 41.1 Å². The zero-order chi connectivity index (χ0) is 19.1. The third kappa shape index (κ3) is 3.03. The van der Waals surface area contributed by atoms with Crippen molar-refractivity contribution in [3.05, 3.63) is 77.5 Å². The molecule has 0 spiro atoms. The van der Waals surface area contributed by atoms with Crippen LogP contribution in [0.2, 0.25) is 0 Å². The Morgan fingerprint density at radius 2 is 1.68 bits per heavy atom. The van der Waals surface area contributed by atoms with Crippen LogP contribution in [0.4, 0.5) is 17.5 Å². The monoisotopic (exact) mass is 370 g/mol. The summed E-state index contributed by atoms with van der Waals surface area (Å²) in [5.74, 6) is 2.68. The standard InChI is InChI=1S/C24H26N4/c1-16(2)21-14-23(27-24(26-21)25-18-8-4-3-5-9-18)28-15-17-12-13-22(28)20-11-7-6-10-19(17)20/h3-11,14,16-17,22H,12-13,15H2,1-2H3,(H,25,26,27)/t17-,22+/m1/s1. The molecule has 1 N–H and O–H groups in total. The van der Waals surface area contributed by atoms with Crippen molar-refractivity contribution in [2.24, 2.45) is 0 Å². The summed E-state index contributed by atoms with van der Waals surface area (Å²) >= 11 is 0. The highest BCUT2D eigenvalue weighted by molar-refractivity contribution is 5.58. The first-order valence-electron chi connectivity index (χ1n) is 10.3. The molecule has 0 unspecified atom stereocenters. The van der Waals surface area contributed by atoms with Gasteiger partial charge < -0.3 is 10.2 Å². The van der Waals surface area contributed by atoms with Crippen molar-refractivity contribution in [3.8, 4) is 0 Å². The Bertz CT molecular complexity index is 983. The largest absolute Gasteiger partial charge is 0.349 e. The van der Waals surface area contributed by atoms with Crippen LogP contribution in [0.1, 0.15) is 61.4 Å². The zero-order valence-electron chi connectivity index (χ0n) is 16.5. The molecule has 2 bridgehead atoms. The van der Waals surface area contributed by atoms with E-state index in [4.69, 9.17) is 9.97 Å². The van der Waals surface area contributed by atoms with E-state index in [1.54, 1.807) is 0 Å². The fourth-order valence-electron chi connectivity index (χ4n) is 4.59. The molecule has 2 aliphatic heterocycles. The lowest BCUT2D eigenvalue weighted by atomic mass is 9.75. The molecular formula is C24H26N4. The maximum Gasteiger partial charge on any atom is 0.229 e. The Morgan fingerprint density at radius 1 is 0.929 bits per heavy atom. The predicted octanol–water partition coefficient (Wildman–Crippen LogP) is 5.78. The fourth-order valence-corrected chi connectivity index (χ4v) is 4.59. The number of hydrogen-bond donors (Lipinski definition) is 1. The Morgan fingerprint density at radius 3 is 2.46 bits per heavy atom. The number of aromatic nitrogens is 2. The molecule has 28 heavy (non-hydrogen) atoms. The summed E-state index contributed by atoms with van der Waals surface area (Å²) in [6.07, 6.45) is 2.47. The van der Waals surface area contributed by atoms with Crippen LogP contribution in [0.25, 0.3) is 0 Å². The number of anilines is 3. The van der Waals surface area contributed by atoms with Crippen LogP contribution in [0, 0.1) is 0 Å². The number of rotatable bonds is 4. The lowest BCUT2D eigenvalue weighted by molar-refractivity contribution is 0.387. The molecule has 4 nitrogen and oxygen atoms in total. The lowest BCUT2D eigenvalue weighted by Gasteiger charge is -2.47. The van der Waals surface area contributed by atoms with Gasteiger partial charge in [0, 0.05) is 24.2 Å². The van der Waals surface area contributed by atoms with Gasteiger partial charge in [-0.25, -0.2) is 4.98 Å². The van der Waals surface area contributed by atoms with Crippen molar-refractivity contribution in [1.82, 2.24) is 9.97 Å². The van der Waals surface area contributed by atoms with Gasteiger partial charge in [0.1, 0.15) is 5.82 Å². The quantitative estimate of drug-likeness (QED) is 0.632. The third-order valence-electron chi connectivity index (χ3n) is 6.02. The van der Waals surface area contributed by atoms with Crippen LogP contribution in [-0.2, 0) is 0 Å². The van der Waals surface area contributed by atoms with Crippen molar-refractivity contribution in [2.45, 2.75) is 44.6 Å². The number of piperidine rings is 1. The second-order valence-corrected chi connectivity index (χ2v) is 8.19. The average Bonchev–Trinajstić information content (AvgIpc) is 2.75. The molecule has 1 fully saturated rings. The van der Waals surface area contributed by atoms with Crippen LogP contribution < -0.4 is 10.2 Å². The van der Waals surface area contributed by atoms with Crippen LogP contribution in [0.5, 0.6) is 0 Å². The minimum absolute atomic E-state index is 0.354. The molecule has 1 aromatic heterocycles. The maximum absolute atomic E-state index is 4.93. The summed E-state index contributed by atoms with van der Waals surface area (Å²) in [4.78, 5) is 12.2. The SMILES string of the molecule is CC(C)c1cc(N2C[C@H]3CC[C@H]2c2ccccc23)nc(Nc2ccccc2)n1. The van der Waals surface area contributed by atoms with Crippen molar-refractivity contribution >= 4 is 17.5 Å². The molecule has 4 heteroatoms. The molecule has 6 rings (SSSR count). The van der Waals surface area contributed by atoms with Gasteiger partial charge >= 0.3 is 0 Å². The smallest absolute Gasteiger partial charge is 0.229 e. The average molecular weight is 371 g/mol. The van der Waals surface area contributed by atoms with Crippen molar-refractivity contribution in [3.63, 3.8) is 0 Å². The van der Waals surface area contributed by atoms with E-state index in [-0.39, 0.29) is 0 Å². The van der Waals surface area contributed by atoms with Gasteiger partial charge in [-0.15, -0.1) is 0 Å². The molecule has 1 saturated heterocycles. The number of fused-ring (bicyclic) bond motifs is 2. The second kappa shape index (κ2) is 6.93. The summed E-state index contributed by atoms with van der Waals surface area (Å²) < 4.78 is 0. The van der Waals surface area contributed by atoms with E-state index in [1.165, 1.54) is 24.0 Å². The fraction of sp³-hybridized carbons (Fsp3) is 0.333. The van der Waals surface area contributed by atoms with Crippen molar-refractivity contribution in [1.29, 1.82) is 0 Å². The summed E-state index contributed by atoms with van der Waals surface area (Å²) in [6, 6.07) is 21.7. The molecule has 0 amide bonds. The van der Waals surface area contributed by atoms with Crippen LogP contribution in [0.15, 0.2) is 60.7 Å². The highest BCUT2D eigenvalue weighted by atomic mass is 15.3. The van der Waals surface area contributed by atoms with Crippen LogP contribution in [-0.4, -0.2) is 16.5 Å². The van der Waals surface area contributed by atoms with Gasteiger partial charge in [0.25, 0.3) is 0 Å². The molecule has 3 heterocycles. The van der Waals surface area contributed by atoms with Gasteiger partial charge in [-0.1, -0.05) is 56.3 Å². The van der Waals surface area contributed by atoms with E-state index < -0.39 is 0 Å². The molecule has 2 aromatic carbocycles. The predicted molar refractivity (Wildman–Crippen MR) is 114 cm³/mol. The van der Waals surface area contributed by atoms with Crippen molar-refractivity contribution < 1.29 is 0 Å². The van der Waals surface area contributed by atoms with Crippen LogP contribution >= 0.6 is 0 Å². The number of hydrogen-bond acceptors (Lipinski definition) is 4. The highest BCUT2D eigenvalue weighted by Gasteiger charge is 2.38. The van der Waals surface area contributed by atoms with E-state index in [0.717, 1.165) is 23.7 Å².